The van der Waals surface area contributed by atoms with Crippen LogP contribution < -0.4 is 21.9 Å². The van der Waals surface area contributed by atoms with Gasteiger partial charge in [-0.25, -0.2) is 5.43 Å². The minimum absolute atomic E-state index is 0.122. The second-order valence-electron chi connectivity index (χ2n) is 7.07. The molecule has 0 bridgehead atoms. The van der Waals surface area contributed by atoms with Crippen molar-refractivity contribution >= 4 is 23.3 Å². The number of hydrogen-bond donors (Lipinski definition) is 4. The van der Waals surface area contributed by atoms with E-state index in [1.807, 2.05) is 6.07 Å². The second-order valence-corrected chi connectivity index (χ2v) is 7.07. The Morgan fingerprint density at radius 1 is 1.47 bits per heavy atom. The van der Waals surface area contributed by atoms with Crippen molar-refractivity contribution in [3.63, 3.8) is 0 Å². The van der Waals surface area contributed by atoms with Gasteiger partial charge in [-0.3, -0.25) is 25.1 Å². The topological polar surface area (TPSA) is 182 Å². The van der Waals surface area contributed by atoms with Crippen LogP contribution in [0.25, 0.3) is 0 Å². The van der Waals surface area contributed by atoms with Gasteiger partial charge in [0.2, 0.25) is 11.8 Å². The molecule has 4 unspecified atom stereocenters. The number of nitrogens with zero attached hydrogens (tertiary/aromatic N) is 2. The number of esters is 1. The Morgan fingerprint density at radius 2 is 2.23 bits per heavy atom. The highest BCUT2D eigenvalue weighted by Gasteiger charge is 2.65. The lowest BCUT2D eigenvalue weighted by atomic mass is 9.62. The molecule has 1 aromatic carbocycles. The van der Waals surface area contributed by atoms with Gasteiger partial charge in [-0.2, -0.15) is 5.26 Å². The van der Waals surface area contributed by atoms with E-state index >= 15 is 0 Å². The average Bonchev–Trinajstić information content (AvgIpc) is 3.21. The summed E-state index contributed by atoms with van der Waals surface area (Å²) in [5, 5.41) is 23.9. The zero-order chi connectivity index (χ0) is 21.6. The molecular weight excluding hydrogens is 396 g/mol. The number of nitrogens with two attached hydrogens (primary N) is 1. The fourth-order valence-electron chi connectivity index (χ4n) is 4.49. The summed E-state index contributed by atoms with van der Waals surface area (Å²) in [6.07, 6.45) is -0.985. The van der Waals surface area contributed by atoms with Crippen molar-refractivity contribution in [3.8, 4) is 6.07 Å². The van der Waals surface area contributed by atoms with Gasteiger partial charge in [0.05, 0.1) is 23.9 Å². The maximum atomic E-state index is 13.4. The number of ether oxygens (including phenoxy) is 2. The Labute approximate surface area is 170 Å². The van der Waals surface area contributed by atoms with Crippen LogP contribution in [0.2, 0.25) is 0 Å². The number of benzene rings is 1. The molecule has 3 aliphatic rings. The van der Waals surface area contributed by atoms with Crippen LogP contribution in [0, 0.1) is 27.4 Å². The third-order valence-electron chi connectivity index (χ3n) is 5.61. The highest BCUT2D eigenvalue weighted by Crippen LogP contribution is 2.54. The number of nitro benzene ring substituents is 1. The van der Waals surface area contributed by atoms with Crippen LogP contribution in [0.3, 0.4) is 0 Å². The van der Waals surface area contributed by atoms with Gasteiger partial charge in [0.25, 0.3) is 5.69 Å². The monoisotopic (exact) mass is 414 g/mol. The summed E-state index contributed by atoms with van der Waals surface area (Å²) < 4.78 is 10.6. The van der Waals surface area contributed by atoms with E-state index < -0.39 is 40.4 Å². The van der Waals surface area contributed by atoms with Crippen LogP contribution >= 0.6 is 0 Å². The maximum absolute atomic E-state index is 13.4. The standard InChI is InChI=1S/C18H18N6O6/c1-2-29-13(25)6-12-14-16(23-22-12)30-15(20)10(7-19)18(14)9-5-8(24(27)28)3-4-11(9)21-17(18)26/h3-5,12,14,16,22-23H,2,6,20H2,1H3,(H,21,26). The first-order valence-electron chi connectivity index (χ1n) is 9.18. The molecule has 3 heterocycles. The number of rotatable bonds is 4. The summed E-state index contributed by atoms with van der Waals surface area (Å²) in [7, 11) is 0. The molecule has 4 rings (SSSR count). The smallest absolute Gasteiger partial charge is 0.307 e. The van der Waals surface area contributed by atoms with Crippen molar-refractivity contribution in [2.75, 3.05) is 11.9 Å². The van der Waals surface area contributed by atoms with E-state index in [0.717, 1.165) is 0 Å². The Morgan fingerprint density at radius 3 is 2.90 bits per heavy atom. The van der Waals surface area contributed by atoms with E-state index in [9.17, 15) is 25.0 Å². The molecule has 1 amide bonds. The number of carbonyl (C=O) groups is 2. The molecule has 30 heavy (non-hydrogen) atoms. The normalized spacial score (nSPS) is 28.9. The van der Waals surface area contributed by atoms with Crippen molar-refractivity contribution in [3.05, 3.63) is 45.3 Å². The van der Waals surface area contributed by atoms with Gasteiger partial charge in [-0.1, -0.05) is 0 Å². The van der Waals surface area contributed by atoms with E-state index in [1.165, 1.54) is 18.2 Å². The maximum Gasteiger partial charge on any atom is 0.307 e. The predicted molar refractivity (Wildman–Crippen MR) is 99.9 cm³/mol. The van der Waals surface area contributed by atoms with Gasteiger partial charge in [0.1, 0.15) is 17.1 Å². The minimum atomic E-state index is -1.68. The van der Waals surface area contributed by atoms with E-state index in [4.69, 9.17) is 15.2 Å². The fraction of sp³-hybridized carbons (Fsp3) is 0.389. The molecule has 0 aromatic heterocycles. The molecule has 0 radical (unpaired) electrons. The Kier molecular flexibility index (Phi) is 4.56. The van der Waals surface area contributed by atoms with E-state index in [0.29, 0.717) is 5.69 Å². The van der Waals surface area contributed by atoms with Crippen LogP contribution in [-0.4, -0.2) is 35.7 Å². The van der Waals surface area contributed by atoms with Gasteiger partial charge in [-0.15, -0.1) is 0 Å². The SMILES string of the molecule is CCOC(=O)CC1NNC2OC(N)=C(C#N)C3(C(=O)Nc4ccc([N+](=O)[O-])cc43)C12. The molecule has 1 fully saturated rings. The van der Waals surface area contributed by atoms with Crippen molar-refractivity contribution in [1.29, 1.82) is 5.26 Å². The number of hydrogen-bond acceptors (Lipinski definition) is 10. The fourth-order valence-corrected chi connectivity index (χ4v) is 4.49. The first kappa shape index (κ1) is 19.6. The molecule has 4 atom stereocenters. The number of fused-ring (bicyclic) bond motifs is 4. The number of amides is 1. The number of nitrogens with one attached hydrogen (secondary N) is 3. The first-order chi connectivity index (χ1) is 14.3. The average molecular weight is 414 g/mol. The Bertz CT molecular complexity index is 1030. The third kappa shape index (κ3) is 2.60. The molecule has 1 saturated heterocycles. The summed E-state index contributed by atoms with van der Waals surface area (Å²) in [6.45, 7) is 1.85. The molecule has 1 aromatic rings. The molecule has 0 aliphatic carbocycles. The number of nitriles is 1. The summed E-state index contributed by atoms with van der Waals surface area (Å²) in [5.41, 5.74) is 10.2. The quantitative estimate of drug-likeness (QED) is 0.294. The van der Waals surface area contributed by atoms with Gasteiger partial charge >= 0.3 is 5.97 Å². The number of nitro groups is 1. The molecule has 5 N–H and O–H groups in total. The van der Waals surface area contributed by atoms with E-state index in [2.05, 4.69) is 16.2 Å². The van der Waals surface area contributed by atoms with E-state index in [1.54, 1.807) is 6.92 Å². The van der Waals surface area contributed by atoms with Crippen molar-refractivity contribution in [2.45, 2.75) is 31.0 Å². The number of carbonyl (C=O) groups excluding carboxylic acids is 2. The lowest BCUT2D eigenvalue weighted by molar-refractivity contribution is -0.384. The van der Waals surface area contributed by atoms with Crippen molar-refractivity contribution in [2.24, 2.45) is 11.7 Å². The van der Waals surface area contributed by atoms with Gasteiger partial charge in [0.15, 0.2) is 6.23 Å². The van der Waals surface area contributed by atoms with Crippen LogP contribution in [-0.2, 0) is 24.5 Å². The second kappa shape index (κ2) is 6.97. The van der Waals surface area contributed by atoms with Gasteiger partial charge in [0, 0.05) is 29.4 Å². The first-order valence-corrected chi connectivity index (χ1v) is 9.18. The molecular formula is C18H18N6O6. The lowest BCUT2D eigenvalue weighted by Crippen LogP contribution is -2.56. The molecule has 156 valence electrons. The molecule has 3 aliphatic heterocycles. The predicted octanol–water partition coefficient (Wildman–Crippen LogP) is -0.119. The van der Waals surface area contributed by atoms with Gasteiger partial charge in [-0.05, 0) is 13.0 Å². The number of anilines is 1. The highest BCUT2D eigenvalue weighted by molar-refractivity contribution is 6.10. The van der Waals surface area contributed by atoms with Crippen molar-refractivity contribution in [1.82, 2.24) is 10.9 Å². The molecule has 12 nitrogen and oxygen atoms in total. The molecule has 12 heteroatoms. The van der Waals surface area contributed by atoms with E-state index in [-0.39, 0.29) is 35.7 Å². The number of hydrazine groups is 1. The van der Waals surface area contributed by atoms with Crippen LogP contribution in [0.1, 0.15) is 18.9 Å². The number of non-ortho nitro benzene ring substituents is 1. The van der Waals surface area contributed by atoms with Crippen LogP contribution in [0.4, 0.5) is 11.4 Å². The zero-order valence-corrected chi connectivity index (χ0v) is 15.8. The summed E-state index contributed by atoms with van der Waals surface area (Å²) in [4.78, 5) is 36.3. The van der Waals surface area contributed by atoms with Gasteiger partial charge < -0.3 is 20.5 Å². The van der Waals surface area contributed by atoms with Crippen molar-refractivity contribution < 1.29 is 24.0 Å². The summed E-state index contributed by atoms with van der Waals surface area (Å²) >= 11 is 0. The Hall–Kier alpha value is -3.69. The zero-order valence-electron chi connectivity index (χ0n) is 15.8. The lowest BCUT2D eigenvalue weighted by Gasteiger charge is -2.41. The molecule has 0 saturated carbocycles. The summed E-state index contributed by atoms with van der Waals surface area (Å²) in [6, 6.07) is 5.18. The molecule has 1 spiro atoms. The largest absolute Gasteiger partial charge is 0.466 e. The minimum Gasteiger partial charge on any atom is -0.466 e. The Balaban J connectivity index is 1.92. The summed E-state index contributed by atoms with van der Waals surface area (Å²) in [5.74, 6) is -2.16. The highest BCUT2D eigenvalue weighted by atomic mass is 16.6. The third-order valence-corrected chi connectivity index (χ3v) is 5.61. The van der Waals surface area contributed by atoms with Crippen LogP contribution in [0.5, 0.6) is 0 Å². The van der Waals surface area contributed by atoms with Crippen LogP contribution in [0.15, 0.2) is 29.7 Å².